The van der Waals surface area contributed by atoms with Gasteiger partial charge in [-0.1, -0.05) is 7.43 Å². The molecule has 0 spiro atoms. The van der Waals surface area contributed by atoms with Crippen LogP contribution < -0.4 is 0 Å². The van der Waals surface area contributed by atoms with Crippen molar-refractivity contribution in [1.82, 2.24) is 4.90 Å². The Morgan fingerprint density at radius 1 is 1.38 bits per heavy atom. The van der Waals surface area contributed by atoms with Gasteiger partial charge in [0.05, 0.1) is 6.54 Å². The van der Waals surface area contributed by atoms with E-state index in [1.165, 1.54) is 13.8 Å². The SMILES string of the molecule is C.CC(=O)OC1CCN(C(C)=O)C1. The summed E-state index contributed by atoms with van der Waals surface area (Å²) < 4.78 is 4.96. The third kappa shape index (κ3) is 3.44. The van der Waals surface area contributed by atoms with E-state index in [0.717, 1.165) is 6.42 Å². The van der Waals surface area contributed by atoms with E-state index in [4.69, 9.17) is 4.74 Å². The van der Waals surface area contributed by atoms with E-state index in [9.17, 15) is 9.59 Å². The lowest BCUT2D eigenvalue weighted by Gasteiger charge is -2.13. The highest BCUT2D eigenvalue weighted by atomic mass is 16.5. The number of carbonyl (C=O) groups is 2. The first kappa shape index (κ1) is 11.9. The van der Waals surface area contributed by atoms with Gasteiger partial charge in [0.25, 0.3) is 0 Å². The van der Waals surface area contributed by atoms with Crippen molar-refractivity contribution >= 4 is 11.9 Å². The zero-order valence-electron chi connectivity index (χ0n) is 7.37. The maximum absolute atomic E-state index is 10.9. The number of ether oxygens (including phenoxy) is 1. The fourth-order valence-corrected chi connectivity index (χ4v) is 1.35. The molecule has 0 aromatic carbocycles. The Bertz CT molecular complexity index is 203. The molecule has 1 amide bonds. The van der Waals surface area contributed by atoms with Crippen molar-refractivity contribution < 1.29 is 14.3 Å². The van der Waals surface area contributed by atoms with Gasteiger partial charge < -0.3 is 9.64 Å². The predicted octanol–water partition coefficient (Wildman–Crippen LogP) is 0.806. The molecule has 4 heteroatoms. The Morgan fingerprint density at radius 2 is 2.00 bits per heavy atom. The molecule has 13 heavy (non-hydrogen) atoms. The molecule has 0 radical (unpaired) electrons. The third-order valence-corrected chi connectivity index (χ3v) is 1.92. The summed E-state index contributed by atoms with van der Waals surface area (Å²) in [6, 6.07) is 0. The molecule has 1 fully saturated rings. The van der Waals surface area contributed by atoms with Gasteiger partial charge in [-0.05, 0) is 0 Å². The van der Waals surface area contributed by atoms with E-state index >= 15 is 0 Å². The van der Waals surface area contributed by atoms with Gasteiger partial charge in [0, 0.05) is 26.8 Å². The summed E-state index contributed by atoms with van der Waals surface area (Å²) in [4.78, 5) is 23.1. The maximum atomic E-state index is 10.9. The van der Waals surface area contributed by atoms with Gasteiger partial charge in [-0.25, -0.2) is 0 Å². The van der Waals surface area contributed by atoms with Crippen LogP contribution in [-0.4, -0.2) is 36.0 Å². The molecule has 1 rings (SSSR count). The summed E-state index contributed by atoms with van der Waals surface area (Å²) in [6.45, 7) is 4.16. The van der Waals surface area contributed by atoms with Gasteiger partial charge in [0.2, 0.25) is 5.91 Å². The summed E-state index contributed by atoms with van der Waals surface area (Å²) in [7, 11) is 0. The number of hydrogen-bond donors (Lipinski definition) is 0. The van der Waals surface area contributed by atoms with Crippen LogP contribution in [0.15, 0.2) is 0 Å². The standard InChI is InChI=1S/C8H13NO3.CH4/c1-6(10)9-4-3-8(5-9)12-7(2)11;/h8H,3-5H2,1-2H3;1H4. The molecule has 4 nitrogen and oxygen atoms in total. The van der Waals surface area contributed by atoms with Crippen molar-refractivity contribution in [2.45, 2.75) is 33.8 Å². The quantitative estimate of drug-likeness (QED) is 0.571. The minimum atomic E-state index is -0.273. The molecule has 1 saturated heterocycles. The van der Waals surface area contributed by atoms with Crippen LogP contribution in [0.2, 0.25) is 0 Å². The number of carbonyl (C=O) groups excluding carboxylic acids is 2. The van der Waals surface area contributed by atoms with Gasteiger partial charge >= 0.3 is 5.97 Å². The molecule has 76 valence electrons. The summed E-state index contributed by atoms with van der Waals surface area (Å²) >= 11 is 0. The number of esters is 1. The van der Waals surface area contributed by atoms with Crippen LogP contribution in [0.4, 0.5) is 0 Å². The van der Waals surface area contributed by atoms with E-state index in [0.29, 0.717) is 13.1 Å². The van der Waals surface area contributed by atoms with Crippen molar-refractivity contribution in [2.75, 3.05) is 13.1 Å². The molecule has 1 aliphatic heterocycles. The average Bonchev–Trinajstić information content (AvgIpc) is 2.34. The first-order valence-corrected chi connectivity index (χ1v) is 4.02. The molecule has 0 saturated carbocycles. The summed E-state index contributed by atoms with van der Waals surface area (Å²) in [5.41, 5.74) is 0. The van der Waals surface area contributed by atoms with Crippen molar-refractivity contribution in [1.29, 1.82) is 0 Å². The lowest BCUT2D eigenvalue weighted by atomic mass is 10.3. The zero-order valence-corrected chi connectivity index (χ0v) is 7.37. The summed E-state index contributed by atoms with van der Waals surface area (Å²) in [5, 5.41) is 0. The molecule has 0 aromatic heterocycles. The first-order chi connectivity index (χ1) is 5.59. The van der Waals surface area contributed by atoms with Crippen LogP contribution >= 0.6 is 0 Å². The second-order valence-corrected chi connectivity index (χ2v) is 2.99. The second kappa shape index (κ2) is 4.84. The van der Waals surface area contributed by atoms with Gasteiger partial charge in [-0.15, -0.1) is 0 Å². The third-order valence-electron chi connectivity index (χ3n) is 1.92. The van der Waals surface area contributed by atoms with Crippen molar-refractivity contribution in [3.8, 4) is 0 Å². The van der Waals surface area contributed by atoms with E-state index in [1.807, 2.05) is 0 Å². The Hall–Kier alpha value is -1.06. The molecule has 0 aliphatic carbocycles. The van der Waals surface area contributed by atoms with Crippen LogP contribution in [0.1, 0.15) is 27.7 Å². The highest BCUT2D eigenvalue weighted by molar-refractivity contribution is 5.73. The number of likely N-dealkylation sites (tertiary alicyclic amines) is 1. The number of nitrogens with zero attached hydrogens (tertiary/aromatic N) is 1. The first-order valence-electron chi connectivity index (χ1n) is 4.02. The molecule has 1 unspecified atom stereocenters. The van der Waals surface area contributed by atoms with Crippen LogP contribution in [0.3, 0.4) is 0 Å². The number of hydrogen-bond acceptors (Lipinski definition) is 3. The highest BCUT2D eigenvalue weighted by Crippen LogP contribution is 2.12. The summed E-state index contributed by atoms with van der Waals surface area (Å²) in [6.07, 6.45) is 0.672. The fourth-order valence-electron chi connectivity index (χ4n) is 1.35. The topological polar surface area (TPSA) is 46.6 Å². The van der Waals surface area contributed by atoms with Crippen molar-refractivity contribution in [3.05, 3.63) is 0 Å². The predicted molar refractivity (Wildman–Crippen MR) is 49.2 cm³/mol. The average molecular weight is 187 g/mol. The molecule has 1 atom stereocenters. The zero-order chi connectivity index (χ0) is 9.14. The molecular weight excluding hydrogens is 170 g/mol. The molecule has 0 bridgehead atoms. The largest absolute Gasteiger partial charge is 0.461 e. The Kier molecular flexibility index (Phi) is 4.45. The number of rotatable bonds is 1. The van der Waals surface area contributed by atoms with Gasteiger partial charge in [0.15, 0.2) is 0 Å². The maximum Gasteiger partial charge on any atom is 0.302 e. The fraction of sp³-hybridized carbons (Fsp3) is 0.778. The second-order valence-electron chi connectivity index (χ2n) is 2.99. The summed E-state index contributed by atoms with van der Waals surface area (Å²) in [5.74, 6) is -0.227. The van der Waals surface area contributed by atoms with Crippen molar-refractivity contribution in [3.63, 3.8) is 0 Å². The Labute approximate surface area is 78.9 Å². The molecular formula is C9H17NO3. The highest BCUT2D eigenvalue weighted by Gasteiger charge is 2.25. The van der Waals surface area contributed by atoms with Crippen LogP contribution in [0.25, 0.3) is 0 Å². The lowest BCUT2D eigenvalue weighted by molar-refractivity contribution is -0.146. The Morgan fingerprint density at radius 3 is 2.38 bits per heavy atom. The number of amides is 1. The van der Waals surface area contributed by atoms with E-state index in [2.05, 4.69) is 0 Å². The lowest BCUT2D eigenvalue weighted by Crippen LogP contribution is -2.28. The van der Waals surface area contributed by atoms with Crippen LogP contribution in [0.5, 0.6) is 0 Å². The van der Waals surface area contributed by atoms with Gasteiger partial charge in [-0.2, -0.15) is 0 Å². The molecule has 1 heterocycles. The van der Waals surface area contributed by atoms with Crippen LogP contribution in [-0.2, 0) is 14.3 Å². The minimum Gasteiger partial charge on any atom is -0.461 e. The van der Waals surface area contributed by atoms with E-state index < -0.39 is 0 Å². The Balaban J connectivity index is 0.00000144. The molecule has 1 aliphatic rings. The molecule has 0 N–H and O–H groups in total. The monoisotopic (exact) mass is 187 g/mol. The van der Waals surface area contributed by atoms with E-state index in [1.54, 1.807) is 4.90 Å². The normalized spacial score (nSPS) is 20.8. The smallest absolute Gasteiger partial charge is 0.302 e. The van der Waals surface area contributed by atoms with Crippen LogP contribution in [0, 0.1) is 0 Å². The molecule has 0 aromatic rings. The van der Waals surface area contributed by atoms with Gasteiger partial charge in [0.1, 0.15) is 6.10 Å². The minimum absolute atomic E-state index is 0. The van der Waals surface area contributed by atoms with Crippen molar-refractivity contribution in [2.24, 2.45) is 0 Å². The van der Waals surface area contributed by atoms with E-state index in [-0.39, 0.29) is 25.4 Å². The van der Waals surface area contributed by atoms with Gasteiger partial charge in [-0.3, -0.25) is 9.59 Å².